The summed E-state index contributed by atoms with van der Waals surface area (Å²) < 4.78 is 6.92. The van der Waals surface area contributed by atoms with E-state index in [0.29, 0.717) is 18.7 Å². The monoisotopic (exact) mass is 362 g/mol. The molecule has 0 fully saturated rings. The Morgan fingerprint density at radius 2 is 1.83 bits per heavy atom. The van der Waals surface area contributed by atoms with E-state index in [-0.39, 0.29) is 0 Å². The number of nitrogen functional groups attached to an aromatic ring is 1. The summed E-state index contributed by atoms with van der Waals surface area (Å²) in [6, 6.07) is 6.83. The summed E-state index contributed by atoms with van der Waals surface area (Å²) in [6.45, 7) is 10.5. The van der Waals surface area contributed by atoms with E-state index in [9.17, 15) is 0 Å². The first-order valence-corrected chi connectivity index (χ1v) is 7.43. The standard InChI is InChI=1S/C14H23IN2O/c1-10(2)17(11(3)4)7-8-18-14-9-12(16)5-6-13(14)15/h5-6,9-11H,7-8,16H2,1-4H3. The third-order valence-electron chi connectivity index (χ3n) is 2.89. The second-order valence-electron chi connectivity index (χ2n) is 4.96. The van der Waals surface area contributed by atoms with E-state index in [4.69, 9.17) is 10.5 Å². The number of rotatable bonds is 6. The van der Waals surface area contributed by atoms with E-state index in [2.05, 4.69) is 55.2 Å². The minimum absolute atomic E-state index is 0.536. The van der Waals surface area contributed by atoms with Gasteiger partial charge in [0.15, 0.2) is 0 Å². The Morgan fingerprint density at radius 3 is 2.39 bits per heavy atom. The molecule has 18 heavy (non-hydrogen) atoms. The number of anilines is 1. The molecule has 0 saturated heterocycles. The van der Waals surface area contributed by atoms with Crippen LogP contribution in [0, 0.1) is 3.57 Å². The summed E-state index contributed by atoms with van der Waals surface area (Å²) in [4.78, 5) is 2.42. The molecule has 0 radical (unpaired) electrons. The Balaban J connectivity index is 2.52. The molecule has 2 N–H and O–H groups in total. The lowest BCUT2D eigenvalue weighted by Crippen LogP contribution is -2.39. The normalized spacial score (nSPS) is 11.6. The van der Waals surface area contributed by atoms with Gasteiger partial charge in [-0.05, 0) is 62.4 Å². The van der Waals surface area contributed by atoms with Crippen molar-refractivity contribution in [3.8, 4) is 5.75 Å². The minimum atomic E-state index is 0.536. The average molecular weight is 362 g/mol. The first-order valence-electron chi connectivity index (χ1n) is 6.35. The molecule has 1 aromatic carbocycles. The van der Waals surface area contributed by atoms with Crippen molar-refractivity contribution < 1.29 is 4.74 Å². The van der Waals surface area contributed by atoms with Gasteiger partial charge in [-0.15, -0.1) is 0 Å². The highest BCUT2D eigenvalue weighted by Crippen LogP contribution is 2.23. The predicted molar refractivity (Wildman–Crippen MR) is 86.0 cm³/mol. The van der Waals surface area contributed by atoms with Crippen molar-refractivity contribution in [2.24, 2.45) is 0 Å². The molecule has 1 aromatic rings. The van der Waals surface area contributed by atoms with Gasteiger partial charge in [0, 0.05) is 30.4 Å². The Labute approximate surface area is 124 Å². The number of hydrogen-bond acceptors (Lipinski definition) is 3. The van der Waals surface area contributed by atoms with Crippen LogP contribution >= 0.6 is 22.6 Å². The number of nitrogens with two attached hydrogens (primary N) is 1. The van der Waals surface area contributed by atoms with Crippen molar-refractivity contribution in [2.45, 2.75) is 39.8 Å². The first kappa shape index (κ1) is 15.6. The van der Waals surface area contributed by atoms with Crippen LogP contribution in [-0.4, -0.2) is 30.1 Å². The molecule has 0 atom stereocenters. The molecule has 0 unspecified atom stereocenters. The van der Waals surface area contributed by atoms with E-state index in [1.54, 1.807) is 0 Å². The van der Waals surface area contributed by atoms with Crippen LogP contribution in [0.3, 0.4) is 0 Å². The van der Waals surface area contributed by atoms with Crippen molar-refractivity contribution in [3.63, 3.8) is 0 Å². The maximum atomic E-state index is 5.82. The van der Waals surface area contributed by atoms with Crippen molar-refractivity contribution >= 4 is 28.3 Å². The van der Waals surface area contributed by atoms with E-state index in [1.165, 1.54) is 0 Å². The van der Waals surface area contributed by atoms with Crippen LogP contribution in [0.4, 0.5) is 5.69 Å². The molecule has 3 nitrogen and oxygen atoms in total. The van der Waals surface area contributed by atoms with E-state index in [1.807, 2.05) is 18.2 Å². The van der Waals surface area contributed by atoms with Crippen LogP contribution < -0.4 is 10.5 Å². The fourth-order valence-electron chi connectivity index (χ4n) is 2.00. The summed E-state index contributed by atoms with van der Waals surface area (Å²) >= 11 is 2.27. The van der Waals surface area contributed by atoms with Gasteiger partial charge in [-0.1, -0.05) is 0 Å². The number of nitrogens with zero attached hydrogens (tertiary/aromatic N) is 1. The van der Waals surface area contributed by atoms with Gasteiger partial charge in [-0.2, -0.15) is 0 Å². The maximum Gasteiger partial charge on any atom is 0.134 e. The van der Waals surface area contributed by atoms with E-state index in [0.717, 1.165) is 21.6 Å². The topological polar surface area (TPSA) is 38.5 Å². The van der Waals surface area contributed by atoms with E-state index < -0.39 is 0 Å². The summed E-state index contributed by atoms with van der Waals surface area (Å²) in [5.41, 5.74) is 6.51. The molecule has 0 aliphatic carbocycles. The fourth-order valence-corrected chi connectivity index (χ4v) is 2.50. The second-order valence-corrected chi connectivity index (χ2v) is 6.13. The third kappa shape index (κ3) is 4.65. The molecular formula is C14H23IN2O. The van der Waals surface area contributed by atoms with Crippen molar-refractivity contribution in [1.29, 1.82) is 0 Å². The number of ether oxygens (including phenoxy) is 1. The molecule has 0 bridgehead atoms. The molecule has 0 aromatic heterocycles. The third-order valence-corrected chi connectivity index (χ3v) is 3.78. The Morgan fingerprint density at radius 1 is 1.22 bits per heavy atom. The summed E-state index contributed by atoms with van der Waals surface area (Å²) in [5, 5.41) is 0. The first-order chi connectivity index (χ1) is 8.41. The van der Waals surface area contributed by atoms with Gasteiger partial charge in [-0.3, -0.25) is 4.90 Å². The second kappa shape index (κ2) is 7.19. The Kier molecular flexibility index (Phi) is 6.21. The van der Waals surface area contributed by atoms with Crippen LogP contribution in [0.25, 0.3) is 0 Å². The molecular weight excluding hydrogens is 339 g/mol. The van der Waals surface area contributed by atoms with Gasteiger partial charge in [0.25, 0.3) is 0 Å². The van der Waals surface area contributed by atoms with Gasteiger partial charge >= 0.3 is 0 Å². The lowest BCUT2D eigenvalue weighted by Gasteiger charge is -2.30. The number of halogens is 1. The highest BCUT2D eigenvalue weighted by molar-refractivity contribution is 14.1. The zero-order valence-electron chi connectivity index (χ0n) is 11.6. The number of benzene rings is 1. The van der Waals surface area contributed by atoms with Crippen LogP contribution in [0.15, 0.2) is 18.2 Å². The van der Waals surface area contributed by atoms with Crippen LogP contribution in [-0.2, 0) is 0 Å². The molecule has 0 saturated carbocycles. The SMILES string of the molecule is CC(C)N(CCOc1cc(N)ccc1I)C(C)C. The van der Waals surface area contributed by atoms with Gasteiger partial charge < -0.3 is 10.5 Å². The molecule has 0 amide bonds. The largest absolute Gasteiger partial charge is 0.491 e. The van der Waals surface area contributed by atoms with Crippen molar-refractivity contribution in [3.05, 3.63) is 21.8 Å². The van der Waals surface area contributed by atoms with Crippen LogP contribution in [0.1, 0.15) is 27.7 Å². The Hall–Kier alpha value is -0.490. The predicted octanol–water partition coefficient (Wildman–Crippen LogP) is 3.37. The maximum absolute atomic E-state index is 5.82. The quantitative estimate of drug-likeness (QED) is 0.623. The molecule has 0 aliphatic heterocycles. The molecule has 0 aliphatic rings. The van der Waals surface area contributed by atoms with Gasteiger partial charge in [-0.25, -0.2) is 0 Å². The van der Waals surface area contributed by atoms with Gasteiger partial charge in [0.2, 0.25) is 0 Å². The molecule has 1 rings (SSSR count). The highest BCUT2D eigenvalue weighted by atomic mass is 127. The molecule has 4 heteroatoms. The zero-order chi connectivity index (χ0) is 13.7. The van der Waals surface area contributed by atoms with Crippen LogP contribution in [0.2, 0.25) is 0 Å². The minimum Gasteiger partial charge on any atom is -0.491 e. The fraction of sp³-hybridized carbons (Fsp3) is 0.571. The smallest absolute Gasteiger partial charge is 0.134 e. The van der Waals surface area contributed by atoms with E-state index >= 15 is 0 Å². The van der Waals surface area contributed by atoms with Gasteiger partial charge in [0.05, 0.1) is 3.57 Å². The Bertz CT molecular complexity index is 372. The average Bonchev–Trinajstić information content (AvgIpc) is 2.27. The number of hydrogen-bond donors (Lipinski definition) is 1. The highest BCUT2D eigenvalue weighted by Gasteiger charge is 2.13. The lowest BCUT2D eigenvalue weighted by molar-refractivity contribution is 0.141. The summed E-state index contributed by atoms with van der Waals surface area (Å²) in [5.74, 6) is 0.878. The zero-order valence-corrected chi connectivity index (χ0v) is 13.8. The summed E-state index contributed by atoms with van der Waals surface area (Å²) in [7, 11) is 0. The van der Waals surface area contributed by atoms with Gasteiger partial charge in [0.1, 0.15) is 12.4 Å². The molecule has 102 valence electrons. The lowest BCUT2D eigenvalue weighted by atomic mass is 10.2. The van der Waals surface area contributed by atoms with Crippen molar-refractivity contribution in [2.75, 3.05) is 18.9 Å². The summed E-state index contributed by atoms with van der Waals surface area (Å²) in [6.07, 6.45) is 0. The molecule has 0 heterocycles. The van der Waals surface area contributed by atoms with Crippen molar-refractivity contribution in [1.82, 2.24) is 4.90 Å². The molecule has 0 spiro atoms. The van der Waals surface area contributed by atoms with Crippen LogP contribution in [0.5, 0.6) is 5.75 Å².